The van der Waals surface area contributed by atoms with Gasteiger partial charge < -0.3 is 14.8 Å². The second-order valence-corrected chi connectivity index (χ2v) is 4.40. The molecular weight excluding hydrogens is 282 g/mol. The van der Waals surface area contributed by atoms with Gasteiger partial charge in [0.1, 0.15) is 18.4 Å². The van der Waals surface area contributed by atoms with Gasteiger partial charge in [-0.05, 0) is 12.1 Å². The summed E-state index contributed by atoms with van der Waals surface area (Å²) in [6.07, 6.45) is 2.74. The van der Waals surface area contributed by atoms with Gasteiger partial charge in [0.2, 0.25) is 0 Å². The van der Waals surface area contributed by atoms with Crippen LogP contribution in [0.25, 0.3) is 0 Å². The minimum Gasteiger partial charge on any atom is -0.486 e. The van der Waals surface area contributed by atoms with E-state index < -0.39 is 0 Å². The Balaban J connectivity index is 1.85. The summed E-state index contributed by atoms with van der Waals surface area (Å²) in [6, 6.07) is 5.15. The first-order valence-corrected chi connectivity index (χ1v) is 6.29. The number of anilines is 1. The van der Waals surface area contributed by atoms with Crippen molar-refractivity contribution in [2.45, 2.75) is 0 Å². The second-order valence-electron chi connectivity index (χ2n) is 4.01. The number of halogens is 1. The number of ether oxygens (including phenoxy) is 2. The van der Waals surface area contributed by atoms with E-state index in [2.05, 4.69) is 15.3 Å². The lowest BCUT2D eigenvalue weighted by molar-refractivity contribution is 0.101. The zero-order valence-corrected chi connectivity index (χ0v) is 11.1. The Morgan fingerprint density at radius 3 is 2.85 bits per heavy atom. The highest BCUT2D eigenvalue weighted by Gasteiger charge is 2.20. The van der Waals surface area contributed by atoms with E-state index >= 15 is 0 Å². The Labute approximate surface area is 119 Å². The van der Waals surface area contributed by atoms with Crippen LogP contribution in [0.3, 0.4) is 0 Å². The predicted molar refractivity (Wildman–Crippen MR) is 72.4 cm³/mol. The van der Waals surface area contributed by atoms with Crippen LogP contribution < -0.4 is 14.8 Å². The minimum absolute atomic E-state index is 0.261. The van der Waals surface area contributed by atoms with Gasteiger partial charge in [-0.25, -0.2) is 9.97 Å². The molecule has 2 aromatic rings. The number of hydrogen-bond donors (Lipinski definition) is 1. The summed E-state index contributed by atoms with van der Waals surface area (Å²) in [5.41, 5.74) is 0.388. The third kappa shape index (κ3) is 2.50. The molecule has 1 N–H and O–H groups in total. The number of aromatic nitrogens is 2. The number of carbonyl (C=O) groups is 1. The molecule has 1 aliphatic heterocycles. The van der Waals surface area contributed by atoms with Crippen LogP contribution in [-0.2, 0) is 0 Å². The van der Waals surface area contributed by atoms with Crippen molar-refractivity contribution >= 4 is 23.3 Å². The van der Waals surface area contributed by atoms with Crippen molar-refractivity contribution in [3.05, 3.63) is 41.3 Å². The van der Waals surface area contributed by atoms with Crippen LogP contribution in [0.15, 0.2) is 30.6 Å². The van der Waals surface area contributed by atoms with Crippen LogP contribution in [0, 0.1) is 0 Å². The molecule has 0 fully saturated rings. The first-order valence-electron chi connectivity index (χ1n) is 5.91. The molecule has 1 aliphatic rings. The van der Waals surface area contributed by atoms with E-state index in [1.807, 2.05) is 0 Å². The molecule has 1 aromatic heterocycles. The quantitative estimate of drug-likeness (QED) is 0.918. The Kier molecular flexibility index (Phi) is 3.39. The molecule has 1 aromatic carbocycles. The van der Waals surface area contributed by atoms with Crippen LogP contribution >= 0.6 is 11.6 Å². The molecule has 0 radical (unpaired) electrons. The maximum Gasteiger partial charge on any atom is 0.260 e. The first kappa shape index (κ1) is 12.7. The fraction of sp³-hybridized carbons (Fsp3) is 0.154. The summed E-state index contributed by atoms with van der Waals surface area (Å²) in [5, 5.41) is 2.89. The number of hydrogen-bond acceptors (Lipinski definition) is 5. The number of carbonyl (C=O) groups excluding carboxylic acids is 1. The molecule has 0 unspecified atom stereocenters. The van der Waals surface area contributed by atoms with Crippen molar-refractivity contribution in [2.75, 3.05) is 18.5 Å². The Bertz CT molecular complexity index is 646. The fourth-order valence-electron chi connectivity index (χ4n) is 1.81. The number of nitrogens with one attached hydrogen (secondary N) is 1. The summed E-state index contributed by atoms with van der Waals surface area (Å²) in [6.45, 7) is 0.888. The fourth-order valence-corrected chi connectivity index (χ4v) is 1.91. The van der Waals surface area contributed by atoms with Crippen molar-refractivity contribution in [3.8, 4) is 11.5 Å². The van der Waals surface area contributed by atoms with Gasteiger partial charge >= 0.3 is 0 Å². The number of rotatable bonds is 2. The van der Waals surface area contributed by atoms with E-state index in [0.717, 1.165) is 0 Å². The van der Waals surface area contributed by atoms with Gasteiger partial charge in [-0.2, -0.15) is 0 Å². The van der Waals surface area contributed by atoms with E-state index in [0.29, 0.717) is 36.1 Å². The highest BCUT2D eigenvalue weighted by Crippen LogP contribution is 2.33. The van der Waals surface area contributed by atoms with Crippen LogP contribution in [0.4, 0.5) is 5.82 Å². The van der Waals surface area contributed by atoms with Gasteiger partial charge in [-0.15, -0.1) is 0 Å². The van der Waals surface area contributed by atoms with Gasteiger partial charge in [-0.1, -0.05) is 17.7 Å². The number of amides is 1. The Hall–Kier alpha value is -2.34. The third-order valence-corrected chi connectivity index (χ3v) is 2.87. The zero-order chi connectivity index (χ0) is 13.9. The lowest BCUT2D eigenvalue weighted by atomic mass is 10.1. The Morgan fingerprint density at radius 1 is 1.20 bits per heavy atom. The average molecular weight is 292 g/mol. The molecule has 2 heterocycles. The van der Waals surface area contributed by atoms with Gasteiger partial charge in [0, 0.05) is 0 Å². The van der Waals surface area contributed by atoms with Crippen LogP contribution in [0.5, 0.6) is 11.5 Å². The van der Waals surface area contributed by atoms with Crippen LogP contribution in [0.1, 0.15) is 10.4 Å². The molecule has 0 aliphatic carbocycles. The Morgan fingerprint density at radius 2 is 2.05 bits per heavy atom. The van der Waals surface area contributed by atoms with Gasteiger partial charge in [0.15, 0.2) is 17.3 Å². The van der Waals surface area contributed by atoms with Crippen molar-refractivity contribution < 1.29 is 14.3 Å². The predicted octanol–water partition coefficient (Wildman–Crippen LogP) is 2.15. The lowest BCUT2D eigenvalue weighted by Crippen LogP contribution is -2.20. The van der Waals surface area contributed by atoms with Gasteiger partial charge in [-0.3, -0.25) is 4.79 Å². The highest BCUT2D eigenvalue weighted by atomic mass is 35.5. The number of fused-ring (bicyclic) bond motifs is 1. The lowest BCUT2D eigenvalue weighted by Gasteiger charge is -2.20. The first-order chi connectivity index (χ1) is 9.74. The summed E-state index contributed by atoms with van der Waals surface area (Å²) in [7, 11) is 0. The van der Waals surface area contributed by atoms with E-state index in [1.165, 1.54) is 12.4 Å². The molecule has 0 saturated carbocycles. The molecule has 20 heavy (non-hydrogen) atoms. The smallest absolute Gasteiger partial charge is 0.260 e. The van der Waals surface area contributed by atoms with Crippen molar-refractivity contribution in [3.63, 3.8) is 0 Å². The molecular formula is C13H10ClN3O3. The summed E-state index contributed by atoms with van der Waals surface area (Å²) in [5.74, 6) is 0.974. The van der Waals surface area contributed by atoms with E-state index in [9.17, 15) is 4.79 Å². The highest BCUT2D eigenvalue weighted by molar-refractivity contribution is 6.29. The van der Waals surface area contributed by atoms with Gasteiger partial charge in [0.25, 0.3) is 5.91 Å². The van der Waals surface area contributed by atoms with Crippen molar-refractivity contribution in [1.29, 1.82) is 0 Å². The molecule has 0 bridgehead atoms. The monoisotopic (exact) mass is 291 g/mol. The molecule has 1 amide bonds. The summed E-state index contributed by atoms with van der Waals surface area (Å²) < 4.78 is 10.9. The molecule has 7 heteroatoms. The molecule has 0 spiro atoms. The standard InChI is InChI=1S/C13H10ClN3O3/c14-10-6-16-11(7-15-10)17-13(18)8-2-1-3-9-12(8)20-5-4-19-9/h1-3,6-7H,4-5H2,(H,16,17,18). The van der Waals surface area contributed by atoms with Crippen LogP contribution in [0.2, 0.25) is 5.15 Å². The molecule has 6 nitrogen and oxygen atoms in total. The third-order valence-electron chi connectivity index (χ3n) is 2.67. The van der Waals surface area contributed by atoms with Gasteiger partial charge in [0.05, 0.1) is 18.0 Å². The van der Waals surface area contributed by atoms with E-state index in [4.69, 9.17) is 21.1 Å². The topological polar surface area (TPSA) is 73.3 Å². The number of benzene rings is 1. The normalized spacial score (nSPS) is 12.8. The molecule has 0 saturated heterocycles. The van der Waals surface area contributed by atoms with E-state index in [1.54, 1.807) is 18.2 Å². The second kappa shape index (κ2) is 5.34. The average Bonchev–Trinajstić information content (AvgIpc) is 2.49. The summed E-state index contributed by atoms with van der Waals surface area (Å²) >= 11 is 5.64. The number of para-hydroxylation sites is 1. The van der Waals surface area contributed by atoms with Crippen molar-refractivity contribution in [2.24, 2.45) is 0 Å². The van der Waals surface area contributed by atoms with Crippen LogP contribution in [-0.4, -0.2) is 29.1 Å². The maximum absolute atomic E-state index is 12.2. The zero-order valence-electron chi connectivity index (χ0n) is 10.3. The molecule has 0 atom stereocenters. The largest absolute Gasteiger partial charge is 0.486 e. The minimum atomic E-state index is -0.344. The maximum atomic E-state index is 12.2. The SMILES string of the molecule is O=C(Nc1cnc(Cl)cn1)c1cccc2c1OCCO2. The molecule has 3 rings (SSSR count). The van der Waals surface area contributed by atoms with E-state index in [-0.39, 0.29) is 11.1 Å². The molecule has 102 valence electrons. The summed E-state index contributed by atoms with van der Waals surface area (Å²) in [4.78, 5) is 20.0. The number of nitrogens with zero attached hydrogens (tertiary/aromatic N) is 2. The van der Waals surface area contributed by atoms with Crippen molar-refractivity contribution in [1.82, 2.24) is 9.97 Å².